The van der Waals surface area contributed by atoms with E-state index < -0.39 is 22.5 Å². The van der Waals surface area contributed by atoms with Crippen molar-refractivity contribution in [3.8, 4) is 0 Å². The number of amides is 1. The SMILES string of the molecule is CC(CCNC(=O)c1cccc(F)c1N)S(C)=O. The third-order valence-corrected chi connectivity index (χ3v) is 4.07. The second-order valence-corrected chi connectivity index (χ2v) is 5.86. The van der Waals surface area contributed by atoms with E-state index >= 15 is 0 Å². The minimum atomic E-state index is -0.914. The maximum absolute atomic E-state index is 13.2. The highest BCUT2D eigenvalue weighted by Gasteiger charge is 2.13. The second-order valence-electron chi connectivity index (χ2n) is 4.05. The largest absolute Gasteiger partial charge is 0.396 e. The molecule has 3 N–H and O–H groups in total. The van der Waals surface area contributed by atoms with Crippen molar-refractivity contribution < 1.29 is 13.4 Å². The zero-order valence-electron chi connectivity index (χ0n) is 10.4. The summed E-state index contributed by atoms with van der Waals surface area (Å²) < 4.78 is 24.3. The first-order valence-corrected chi connectivity index (χ1v) is 7.20. The summed E-state index contributed by atoms with van der Waals surface area (Å²) in [6, 6.07) is 4.11. The van der Waals surface area contributed by atoms with Crippen LogP contribution in [0.3, 0.4) is 0 Å². The number of anilines is 1. The van der Waals surface area contributed by atoms with Crippen molar-refractivity contribution in [2.75, 3.05) is 18.5 Å². The number of para-hydroxylation sites is 1. The molecule has 1 aromatic rings. The molecule has 0 aliphatic carbocycles. The molecule has 2 unspecified atom stereocenters. The minimum Gasteiger partial charge on any atom is -0.396 e. The summed E-state index contributed by atoms with van der Waals surface area (Å²) in [5, 5.41) is 2.64. The zero-order chi connectivity index (χ0) is 13.7. The number of hydrogen-bond donors (Lipinski definition) is 2. The number of halogens is 1. The molecule has 0 aliphatic rings. The lowest BCUT2D eigenvalue weighted by atomic mass is 10.1. The van der Waals surface area contributed by atoms with E-state index in [4.69, 9.17) is 5.73 Å². The van der Waals surface area contributed by atoms with Gasteiger partial charge in [-0.15, -0.1) is 0 Å². The van der Waals surface area contributed by atoms with Gasteiger partial charge < -0.3 is 11.1 Å². The van der Waals surface area contributed by atoms with E-state index in [2.05, 4.69) is 5.32 Å². The molecule has 18 heavy (non-hydrogen) atoms. The van der Waals surface area contributed by atoms with Gasteiger partial charge in [-0.25, -0.2) is 4.39 Å². The molecule has 4 nitrogen and oxygen atoms in total. The van der Waals surface area contributed by atoms with Gasteiger partial charge in [0, 0.05) is 28.9 Å². The molecule has 1 aromatic carbocycles. The van der Waals surface area contributed by atoms with E-state index in [-0.39, 0.29) is 16.5 Å². The summed E-state index contributed by atoms with van der Waals surface area (Å²) >= 11 is 0. The van der Waals surface area contributed by atoms with Gasteiger partial charge in [0.2, 0.25) is 0 Å². The number of nitrogens with one attached hydrogen (secondary N) is 1. The highest BCUT2D eigenvalue weighted by atomic mass is 32.2. The normalized spacial score (nSPS) is 13.9. The molecule has 0 radical (unpaired) electrons. The first-order chi connectivity index (χ1) is 8.43. The Morgan fingerprint density at radius 2 is 2.22 bits per heavy atom. The van der Waals surface area contributed by atoms with Crippen LogP contribution in [0, 0.1) is 5.82 Å². The Morgan fingerprint density at radius 1 is 1.56 bits per heavy atom. The minimum absolute atomic E-state index is 0.00940. The molecule has 0 fully saturated rings. The fraction of sp³-hybridized carbons (Fsp3) is 0.417. The highest BCUT2D eigenvalue weighted by molar-refractivity contribution is 7.84. The van der Waals surface area contributed by atoms with Gasteiger partial charge >= 0.3 is 0 Å². The molecule has 0 aromatic heterocycles. The van der Waals surface area contributed by atoms with E-state index in [9.17, 15) is 13.4 Å². The molecule has 0 heterocycles. The lowest BCUT2D eigenvalue weighted by Crippen LogP contribution is -2.28. The quantitative estimate of drug-likeness (QED) is 0.793. The molecule has 0 saturated heterocycles. The fourth-order valence-corrected chi connectivity index (χ4v) is 1.83. The van der Waals surface area contributed by atoms with E-state index in [1.165, 1.54) is 18.2 Å². The van der Waals surface area contributed by atoms with Crippen LogP contribution in [0.1, 0.15) is 23.7 Å². The van der Waals surface area contributed by atoms with Crippen molar-refractivity contribution in [2.24, 2.45) is 0 Å². The summed E-state index contributed by atoms with van der Waals surface area (Å²) in [5.74, 6) is -1.02. The van der Waals surface area contributed by atoms with Crippen LogP contribution in [-0.4, -0.2) is 28.2 Å². The predicted molar refractivity (Wildman–Crippen MR) is 71.3 cm³/mol. The fourth-order valence-electron chi connectivity index (χ4n) is 1.39. The number of benzene rings is 1. The van der Waals surface area contributed by atoms with Crippen molar-refractivity contribution in [2.45, 2.75) is 18.6 Å². The van der Waals surface area contributed by atoms with Crippen molar-refractivity contribution in [1.82, 2.24) is 5.32 Å². The lowest BCUT2D eigenvalue weighted by Gasteiger charge is -2.10. The van der Waals surface area contributed by atoms with E-state index in [0.717, 1.165) is 0 Å². The van der Waals surface area contributed by atoms with E-state index in [1.807, 2.05) is 6.92 Å². The Bertz CT molecular complexity index is 465. The van der Waals surface area contributed by atoms with Crippen molar-refractivity contribution in [3.05, 3.63) is 29.6 Å². The van der Waals surface area contributed by atoms with Gasteiger partial charge in [0.15, 0.2) is 0 Å². The molecule has 100 valence electrons. The number of carbonyl (C=O) groups excluding carboxylic acids is 1. The van der Waals surface area contributed by atoms with Crippen molar-refractivity contribution >= 4 is 22.4 Å². The van der Waals surface area contributed by atoms with Crippen LogP contribution >= 0.6 is 0 Å². The van der Waals surface area contributed by atoms with E-state index in [1.54, 1.807) is 6.26 Å². The third kappa shape index (κ3) is 3.80. The highest BCUT2D eigenvalue weighted by Crippen LogP contribution is 2.15. The Labute approximate surface area is 108 Å². The van der Waals surface area contributed by atoms with Gasteiger partial charge in [0.25, 0.3) is 5.91 Å². The number of hydrogen-bond acceptors (Lipinski definition) is 3. The number of nitrogens with two attached hydrogens (primary N) is 1. The average Bonchev–Trinajstić information content (AvgIpc) is 2.32. The maximum Gasteiger partial charge on any atom is 0.253 e. The van der Waals surface area contributed by atoms with E-state index in [0.29, 0.717) is 13.0 Å². The van der Waals surface area contributed by atoms with Crippen LogP contribution in [0.15, 0.2) is 18.2 Å². The average molecular weight is 272 g/mol. The molecule has 1 rings (SSSR count). The molecule has 0 saturated carbocycles. The van der Waals surface area contributed by atoms with Crippen LogP contribution in [0.5, 0.6) is 0 Å². The first-order valence-electron chi connectivity index (χ1n) is 5.58. The summed E-state index contributed by atoms with van der Waals surface area (Å²) in [7, 11) is -0.914. The molecule has 0 spiro atoms. The molecule has 0 aliphatic heterocycles. The maximum atomic E-state index is 13.2. The standard InChI is InChI=1S/C12H17FN2O2S/c1-8(18(2)17)6-7-15-12(16)9-4-3-5-10(13)11(9)14/h3-5,8H,6-7,14H2,1-2H3,(H,15,16). The molecule has 6 heteroatoms. The molecule has 0 bridgehead atoms. The summed E-state index contributed by atoms with van der Waals surface area (Å²) in [6.45, 7) is 2.23. The smallest absolute Gasteiger partial charge is 0.253 e. The summed E-state index contributed by atoms with van der Waals surface area (Å²) in [5.41, 5.74) is 5.45. The molecule has 2 atom stereocenters. The van der Waals surface area contributed by atoms with Gasteiger partial charge in [-0.3, -0.25) is 9.00 Å². The third-order valence-electron chi connectivity index (χ3n) is 2.70. The lowest BCUT2D eigenvalue weighted by molar-refractivity contribution is 0.0954. The molecule has 1 amide bonds. The van der Waals surface area contributed by atoms with Crippen LogP contribution in [0.4, 0.5) is 10.1 Å². The number of rotatable bonds is 5. The number of carbonyl (C=O) groups is 1. The van der Waals surface area contributed by atoms with Gasteiger partial charge in [-0.05, 0) is 18.6 Å². The molecular formula is C12H17FN2O2S. The second kappa shape index (κ2) is 6.49. The predicted octanol–water partition coefficient (Wildman–Crippen LogP) is 1.29. The topological polar surface area (TPSA) is 72.2 Å². The Balaban J connectivity index is 2.56. The van der Waals surface area contributed by atoms with Gasteiger partial charge in [-0.1, -0.05) is 13.0 Å². The Morgan fingerprint density at radius 3 is 2.83 bits per heavy atom. The van der Waals surface area contributed by atoms with Crippen molar-refractivity contribution in [1.29, 1.82) is 0 Å². The number of nitrogen functional groups attached to an aromatic ring is 1. The van der Waals surface area contributed by atoms with Crippen LogP contribution < -0.4 is 11.1 Å². The van der Waals surface area contributed by atoms with Crippen molar-refractivity contribution in [3.63, 3.8) is 0 Å². The zero-order valence-corrected chi connectivity index (χ0v) is 11.2. The summed E-state index contributed by atoms with van der Waals surface area (Å²) in [6.07, 6.45) is 2.22. The molecular weight excluding hydrogens is 255 g/mol. The monoisotopic (exact) mass is 272 g/mol. The Kier molecular flexibility index (Phi) is 5.27. The van der Waals surface area contributed by atoms with Crippen LogP contribution in [0.25, 0.3) is 0 Å². The van der Waals surface area contributed by atoms with Crippen LogP contribution in [0.2, 0.25) is 0 Å². The Hall–Kier alpha value is -1.43. The summed E-state index contributed by atoms with van der Waals surface area (Å²) in [4.78, 5) is 11.7. The van der Waals surface area contributed by atoms with Gasteiger partial charge in [0.05, 0.1) is 11.3 Å². The first kappa shape index (κ1) is 14.6. The van der Waals surface area contributed by atoms with Crippen LogP contribution in [-0.2, 0) is 10.8 Å². The van der Waals surface area contributed by atoms with Gasteiger partial charge in [0.1, 0.15) is 5.82 Å². The van der Waals surface area contributed by atoms with Gasteiger partial charge in [-0.2, -0.15) is 0 Å².